The molecule has 114 valence electrons. The smallest absolute Gasteiger partial charge is 0.234 e. The van der Waals surface area contributed by atoms with Crippen LogP contribution in [0.2, 0.25) is 0 Å². The van der Waals surface area contributed by atoms with E-state index in [1.54, 1.807) is 0 Å². The Hall–Kier alpha value is -1.59. The van der Waals surface area contributed by atoms with Crippen molar-refractivity contribution >= 4 is 17.3 Å². The zero-order valence-corrected chi connectivity index (χ0v) is 12.8. The number of anilines is 2. The molecular weight excluding hydrogens is 266 g/mol. The predicted molar refractivity (Wildman–Crippen MR) is 83.7 cm³/mol. The van der Waals surface area contributed by atoms with Gasteiger partial charge in [0.25, 0.3) is 0 Å². The van der Waals surface area contributed by atoms with Crippen LogP contribution in [0, 0.1) is 5.41 Å². The zero-order chi connectivity index (χ0) is 14.9. The number of piperazine rings is 1. The second-order valence-electron chi connectivity index (χ2n) is 6.34. The molecule has 1 amide bonds. The van der Waals surface area contributed by atoms with Crippen molar-refractivity contribution < 1.29 is 9.53 Å². The highest BCUT2D eigenvalue weighted by molar-refractivity contribution is 5.95. The maximum atomic E-state index is 12.1. The second-order valence-corrected chi connectivity index (χ2v) is 6.34. The molecule has 5 heteroatoms. The van der Waals surface area contributed by atoms with Crippen molar-refractivity contribution in [3.63, 3.8) is 0 Å². The molecule has 0 unspecified atom stereocenters. The van der Waals surface area contributed by atoms with Crippen LogP contribution in [0.4, 0.5) is 11.4 Å². The lowest BCUT2D eigenvalue weighted by atomic mass is 9.87. The summed E-state index contributed by atoms with van der Waals surface area (Å²) in [6.07, 6.45) is 0. The van der Waals surface area contributed by atoms with E-state index in [1.807, 2.05) is 19.1 Å². The molecule has 2 aliphatic rings. The number of ether oxygens (including phenoxy) is 1. The minimum atomic E-state index is -0.365. The zero-order valence-electron chi connectivity index (χ0n) is 12.8. The van der Waals surface area contributed by atoms with Gasteiger partial charge in [0.1, 0.15) is 0 Å². The monoisotopic (exact) mass is 289 g/mol. The first-order valence-corrected chi connectivity index (χ1v) is 7.50. The SMILES string of the molecule is CN1CCN(c2ccc(NC(=O)C3(C)COC3)cc2)CC1. The summed E-state index contributed by atoms with van der Waals surface area (Å²) in [6, 6.07) is 8.13. The molecule has 0 spiro atoms. The van der Waals surface area contributed by atoms with Crippen LogP contribution in [0.25, 0.3) is 0 Å². The van der Waals surface area contributed by atoms with E-state index in [0.717, 1.165) is 31.9 Å². The summed E-state index contributed by atoms with van der Waals surface area (Å²) in [6.45, 7) is 7.25. The van der Waals surface area contributed by atoms with Gasteiger partial charge in [-0.15, -0.1) is 0 Å². The normalized spacial score (nSPS) is 21.7. The molecule has 0 radical (unpaired) electrons. The molecule has 2 fully saturated rings. The van der Waals surface area contributed by atoms with Gasteiger partial charge < -0.3 is 19.9 Å². The maximum absolute atomic E-state index is 12.1. The molecule has 21 heavy (non-hydrogen) atoms. The third-order valence-corrected chi connectivity index (χ3v) is 4.38. The average molecular weight is 289 g/mol. The minimum Gasteiger partial charge on any atom is -0.379 e. The molecule has 0 bridgehead atoms. The molecule has 2 aliphatic heterocycles. The van der Waals surface area contributed by atoms with Gasteiger partial charge >= 0.3 is 0 Å². The van der Waals surface area contributed by atoms with Crippen LogP contribution >= 0.6 is 0 Å². The van der Waals surface area contributed by atoms with Gasteiger partial charge in [-0.2, -0.15) is 0 Å². The first-order chi connectivity index (χ1) is 10.1. The van der Waals surface area contributed by atoms with Crippen LogP contribution in [0.15, 0.2) is 24.3 Å². The Morgan fingerprint density at radius 2 is 1.76 bits per heavy atom. The van der Waals surface area contributed by atoms with E-state index in [1.165, 1.54) is 5.69 Å². The highest BCUT2D eigenvalue weighted by Gasteiger charge is 2.41. The van der Waals surface area contributed by atoms with Crippen LogP contribution < -0.4 is 10.2 Å². The van der Waals surface area contributed by atoms with Gasteiger partial charge in [0, 0.05) is 37.6 Å². The molecule has 1 aromatic rings. The van der Waals surface area contributed by atoms with E-state index in [4.69, 9.17) is 4.74 Å². The Morgan fingerprint density at radius 1 is 1.14 bits per heavy atom. The van der Waals surface area contributed by atoms with Crippen molar-refractivity contribution in [1.29, 1.82) is 0 Å². The Kier molecular flexibility index (Phi) is 3.87. The Morgan fingerprint density at radius 3 is 2.29 bits per heavy atom. The van der Waals surface area contributed by atoms with Crippen LogP contribution in [0.5, 0.6) is 0 Å². The maximum Gasteiger partial charge on any atom is 0.234 e. The highest BCUT2D eigenvalue weighted by Crippen LogP contribution is 2.28. The van der Waals surface area contributed by atoms with Crippen LogP contribution in [-0.4, -0.2) is 57.2 Å². The molecule has 3 rings (SSSR count). The van der Waals surface area contributed by atoms with Crippen molar-refractivity contribution in [2.75, 3.05) is 56.7 Å². The van der Waals surface area contributed by atoms with Gasteiger partial charge in [0.2, 0.25) is 5.91 Å². The molecule has 0 atom stereocenters. The van der Waals surface area contributed by atoms with Crippen molar-refractivity contribution in [3.05, 3.63) is 24.3 Å². The van der Waals surface area contributed by atoms with Gasteiger partial charge in [-0.3, -0.25) is 4.79 Å². The predicted octanol–water partition coefficient (Wildman–Crippen LogP) is 1.41. The van der Waals surface area contributed by atoms with Crippen LogP contribution in [0.3, 0.4) is 0 Å². The Bertz CT molecular complexity index is 503. The van der Waals surface area contributed by atoms with Crippen molar-refractivity contribution in [1.82, 2.24) is 4.90 Å². The molecule has 2 saturated heterocycles. The summed E-state index contributed by atoms with van der Waals surface area (Å²) in [7, 11) is 2.15. The number of rotatable bonds is 3. The number of amides is 1. The van der Waals surface area contributed by atoms with Crippen molar-refractivity contribution in [2.24, 2.45) is 5.41 Å². The van der Waals surface area contributed by atoms with E-state index in [2.05, 4.69) is 34.3 Å². The number of likely N-dealkylation sites (N-methyl/N-ethyl adjacent to an activating group) is 1. The summed E-state index contributed by atoms with van der Waals surface area (Å²) >= 11 is 0. The number of nitrogens with zero attached hydrogens (tertiary/aromatic N) is 2. The number of carbonyl (C=O) groups excluding carboxylic acids is 1. The van der Waals surface area contributed by atoms with Gasteiger partial charge in [-0.05, 0) is 38.2 Å². The van der Waals surface area contributed by atoms with E-state index in [-0.39, 0.29) is 11.3 Å². The Labute approximate surface area is 125 Å². The molecule has 0 saturated carbocycles. The summed E-state index contributed by atoms with van der Waals surface area (Å²) < 4.78 is 5.13. The number of carbonyl (C=O) groups is 1. The molecular formula is C16H23N3O2. The molecule has 2 heterocycles. The quantitative estimate of drug-likeness (QED) is 0.914. The summed E-state index contributed by atoms with van der Waals surface area (Å²) in [5, 5.41) is 2.98. The standard InChI is InChI=1S/C16H23N3O2/c1-16(11-21-12-16)15(20)17-13-3-5-14(6-4-13)19-9-7-18(2)8-10-19/h3-6H,7-12H2,1-2H3,(H,17,20). The summed E-state index contributed by atoms with van der Waals surface area (Å²) in [5.41, 5.74) is 1.71. The topological polar surface area (TPSA) is 44.8 Å². The van der Waals surface area contributed by atoms with Crippen LogP contribution in [0.1, 0.15) is 6.92 Å². The Balaban J connectivity index is 1.60. The average Bonchev–Trinajstić information content (AvgIpc) is 2.46. The van der Waals surface area contributed by atoms with Crippen LogP contribution in [-0.2, 0) is 9.53 Å². The molecule has 1 N–H and O–H groups in total. The molecule has 5 nitrogen and oxygen atoms in total. The fraction of sp³-hybridized carbons (Fsp3) is 0.562. The summed E-state index contributed by atoms with van der Waals surface area (Å²) in [4.78, 5) is 16.9. The molecule has 1 aromatic carbocycles. The fourth-order valence-electron chi connectivity index (χ4n) is 2.64. The molecule has 0 aromatic heterocycles. The largest absolute Gasteiger partial charge is 0.379 e. The number of nitrogens with one attached hydrogen (secondary N) is 1. The fourth-order valence-corrected chi connectivity index (χ4v) is 2.64. The van der Waals surface area contributed by atoms with E-state index < -0.39 is 0 Å². The number of hydrogen-bond acceptors (Lipinski definition) is 4. The van der Waals surface area contributed by atoms with Crippen molar-refractivity contribution in [3.8, 4) is 0 Å². The van der Waals surface area contributed by atoms with Gasteiger partial charge in [0.05, 0.1) is 18.6 Å². The molecule has 0 aliphatic carbocycles. The third kappa shape index (κ3) is 3.04. The van der Waals surface area contributed by atoms with E-state index in [0.29, 0.717) is 13.2 Å². The number of benzene rings is 1. The first-order valence-electron chi connectivity index (χ1n) is 7.50. The highest BCUT2D eigenvalue weighted by atomic mass is 16.5. The lowest BCUT2D eigenvalue weighted by molar-refractivity contribution is -0.151. The third-order valence-electron chi connectivity index (χ3n) is 4.38. The van der Waals surface area contributed by atoms with Crippen molar-refractivity contribution in [2.45, 2.75) is 6.92 Å². The minimum absolute atomic E-state index is 0.0427. The summed E-state index contributed by atoms with van der Waals surface area (Å²) in [5.74, 6) is 0.0427. The van der Waals surface area contributed by atoms with Gasteiger partial charge in [-0.1, -0.05) is 0 Å². The van der Waals surface area contributed by atoms with Gasteiger partial charge in [0.15, 0.2) is 0 Å². The lowest BCUT2D eigenvalue weighted by Gasteiger charge is -2.36. The lowest BCUT2D eigenvalue weighted by Crippen LogP contribution is -2.49. The van der Waals surface area contributed by atoms with E-state index >= 15 is 0 Å². The van der Waals surface area contributed by atoms with E-state index in [9.17, 15) is 4.79 Å². The van der Waals surface area contributed by atoms with Gasteiger partial charge in [-0.25, -0.2) is 0 Å². The number of hydrogen-bond donors (Lipinski definition) is 1. The second kappa shape index (κ2) is 5.66. The first kappa shape index (κ1) is 14.4.